The summed E-state index contributed by atoms with van der Waals surface area (Å²) in [6.07, 6.45) is 0.125. The molecule has 1 aromatic heterocycles. The van der Waals surface area contributed by atoms with Gasteiger partial charge >= 0.3 is 0 Å². The van der Waals surface area contributed by atoms with Gasteiger partial charge in [0, 0.05) is 18.7 Å². The van der Waals surface area contributed by atoms with Gasteiger partial charge in [-0.05, 0) is 30.5 Å². The van der Waals surface area contributed by atoms with E-state index < -0.39 is 29.0 Å². The lowest BCUT2D eigenvalue weighted by atomic mass is 9.73. The average Bonchev–Trinajstić information content (AvgIpc) is 3.42. The van der Waals surface area contributed by atoms with Crippen LogP contribution < -0.4 is 27.8 Å². The predicted molar refractivity (Wildman–Crippen MR) is 105 cm³/mol. The number of hydrogen-bond acceptors (Lipinski definition) is 9. The smallest absolute Gasteiger partial charge is 0.272 e. The van der Waals surface area contributed by atoms with Crippen molar-refractivity contribution in [3.05, 3.63) is 24.0 Å². The summed E-state index contributed by atoms with van der Waals surface area (Å²) in [7, 11) is 0. The number of carbonyl (C=O) groups excluding carboxylic acids is 1. The highest BCUT2D eigenvalue weighted by atomic mass is 35.5. The highest BCUT2D eigenvalue weighted by molar-refractivity contribution is 6.22. The molecule has 6 rings (SSSR count). The molecule has 5 aliphatic rings. The summed E-state index contributed by atoms with van der Waals surface area (Å²) in [5.74, 6) is -0.441. The largest absolute Gasteiger partial charge is 0.370 e. The number of carbonyl (C=O) groups is 1. The Labute approximate surface area is 170 Å². The summed E-state index contributed by atoms with van der Waals surface area (Å²) in [5, 5.41) is 16.9. The quantitative estimate of drug-likeness (QED) is 0.272. The lowest BCUT2D eigenvalue weighted by molar-refractivity contribution is -0.0269. The maximum Gasteiger partial charge on any atom is 0.272 e. The van der Waals surface area contributed by atoms with Crippen LogP contribution >= 0.6 is 11.6 Å². The SMILES string of the molecule is NC[C@H]1C2CN3C(=O)c4cccn4C4N=C(N)NC43C2[C@@]2(NC(N)=N[C@H]2O)[C@H]1Cl. The molecule has 12 heteroatoms. The highest BCUT2D eigenvalue weighted by Gasteiger charge is 2.79. The summed E-state index contributed by atoms with van der Waals surface area (Å²) in [5.41, 5.74) is 16.6. The molecule has 2 fully saturated rings. The van der Waals surface area contributed by atoms with Crippen LogP contribution in [0.5, 0.6) is 0 Å². The first-order valence-corrected chi connectivity index (χ1v) is 10.0. The number of rotatable bonds is 1. The van der Waals surface area contributed by atoms with Crippen molar-refractivity contribution in [1.82, 2.24) is 20.1 Å². The number of nitrogens with one attached hydrogen (secondary N) is 2. The summed E-state index contributed by atoms with van der Waals surface area (Å²) in [6, 6.07) is 3.58. The van der Waals surface area contributed by atoms with Gasteiger partial charge in [-0.15, -0.1) is 11.6 Å². The van der Waals surface area contributed by atoms with Gasteiger partial charge in [0.15, 0.2) is 30.0 Å². The topological polar surface area (TPSA) is 172 Å². The van der Waals surface area contributed by atoms with Crippen molar-refractivity contribution in [2.75, 3.05) is 13.1 Å². The van der Waals surface area contributed by atoms with Gasteiger partial charge in [-0.1, -0.05) is 0 Å². The van der Waals surface area contributed by atoms with E-state index in [-0.39, 0.29) is 35.6 Å². The maximum absolute atomic E-state index is 13.4. The lowest BCUT2D eigenvalue weighted by Crippen LogP contribution is -2.74. The number of fused-ring (bicyclic) bond motifs is 4. The van der Waals surface area contributed by atoms with Crippen molar-refractivity contribution < 1.29 is 9.90 Å². The molecule has 1 saturated carbocycles. The minimum atomic E-state index is -1.19. The van der Waals surface area contributed by atoms with Gasteiger partial charge in [0.05, 0.1) is 5.38 Å². The molecule has 154 valence electrons. The van der Waals surface area contributed by atoms with Gasteiger partial charge in [0.1, 0.15) is 11.2 Å². The molecular weight excluding hydrogens is 398 g/mol. The Morgan fingerprint density at radius 2 is 2.07 bits per heavy atom. The first kappa shape index (κ1) is 17.4. The minimum absolute atomic E-state index is 0.101. The number of aliphatic hydroxyl groups excluding tert-OH is 1. The second kappa shape index (κ2) is 5.15. The monoisotopic (exact) mass is 419 g/mol. The molecule has 1 saturated heterocycles. The Morgan fingerprint density at radius 3 is 2.76 bits per heavy atom. The van der Waals surface area contributed by atoms with E-state index in [0.29, 0.717) is 18.8 Å². The van der Waals surface area contributed by atoms with Gasteiger partial charge in [-0.25, -0.2) is 9.98 Å². The fraction of sp³-hybridized carbons (Fsp3) is 0.588. The Hall–Kier alpha value is -2.50. The van der Waals surface area contributed by atoms with Gasteiger partial charge in [0.2, 0.25) is 0 Å². The van der Waals surface area contributed by atoms with Crippen LogP contribution in [0.25, 0.3) is 0 Å². The third-order valence-corrected chi connectivity index (χ3v) is 8.12. The van der Waals surface area contributed by atoms with E-state index in [9.17, 15) is 9.90 Å². The van der Waals surface area contributed by atoms with Crippen LogP contribution in [0.1, 0.15) is 16.7 Å². The summed E-state index contributed by atoms with van der Waals surface area (Å²) < 4.78 is 1.83. The zero-order valence-electron chi connectivity index (χ0n) is 15.4. The van der Waals surface area contributed by atoms with Crippen molar-refractivity contribution in [2.45, 2.75) is 29.0 Å². The fourth-order valence-corrected chi connectivity index (χ4v) is 7.13. The van der Waals surface area contributed by atoms with E-state index in [1.54, 1.807) is 11.0 Å². The number of nitrogens with two attached hydrogens (primary N) is 3. The fourth-order valence-electron chi connectivity index (χ4n) is 6.54. The molecule has 9 N–H and O–H groups in total. The summed E-state index contributed by atoms with van der Waals surface area (Å²) >= 11 is 6.94. The van der Waals surface area contributed by atoms with Crippen molar-refractivity contribution in [2.24, 2.45) is 44.9 Å². The molecule has 0 bridgehead atoms. The number of aromatic nitrogens is 1. The normalized spacial score (nSPS) is 46.6. The standard InChI is InChI=1S/C17H22ClN9O2/c18-10-6(4-19)7-5-27-11(28)8-2-1-3-26(8)12-17(27,25-14(20)22-12)9(7)16(10)13(29)23-15(21)24-16/h1-3,6-7,9-10,12-13,29H,4-5,19H2,(H3,20,22,25)(H3,21,23,24)/t6-,7?,9?,10-,12?,13-,16+,17?/m0/s1. The average molecular weight is 420 g/mol. The molecule has 2 spiro atoms. The molecule has 4 unspecified atom stereocenters. The molecule has 0 radical (unpaired) electrons. The van der Waals surface area contributed by atoms with Crippen LogP contribution in [0.2, 0.25) is 0 Å². The number of halogens is 1. The highest BCUT2D eigenvalue weighted by Crippen LogP contribution is 2.63. The Bertz CT molecular complexity index is 993. The molecule has 4 aliphatic heterocycles. The molecule has 0 aromatic carbocycles. The molecule has 1 amide bonds. The number of nitrogens with zero attached hydrogens (tertiary/aromatic N) is 4. The number of alkyl halides is 1. The lowest BCUT2D eigenvalue weighted by Gasteiger charge is -2.51. The van der Waals surface area contributed by atoms with Crippen LogP contribution in [0, 0.1) is 17.8 Å². The van der Waals surface area contributed by atoms with E-state index in [1.165, 1.54) is 0 Å². The van der Waals surface area contributed by atoms with E-state index in [2.05, 4.69) is 20.6 Å². The van der Waals surface area contributed by atoms with Gasteiger partial charge in [-0.3, -0.25) is 4.79 Å². The van der Waals surface area contributed by atoms with E-state index in [4.69, 9.17) is 28.8 Å². The van der Waals surface area contributed by atoms with Crippen molar-refractivity contribution in [3.8, 4) is 0 Å². The van der Waals surface area contributed by atoms with Crippen molar-refractivity contribution >= 4 is 29.4 Å². The minimum Gasteiger partial charge on any atom is -0.370 e. The van der Waals surface area contributed by atoms with Crippen molar-refractivity contribution in [3.63, 3.8) is 0 Å². The maximum atomic E-state index is 13.4. The second-order valence-corrected chi connectivity index (χ2v) is 8.91. The molecule has 11 nitrogen and oxygen atoms in total. The number of aliphatic hydroxyl groups is 1. The first-order chi connectivity index (χ1) is 13.9. The molecular formula is C17H22ClN9O2. The van der Waals surface area contributed by atoms with Crippen LogP contribution in [0.3, 0.4) is 0 Å². The van der Waals surface area contributed by atoms with Crippen LogP contribution in [-0.4, -0.2) is 68.3 Å². The number of hydrogen-bond donors (Lipinski definition) is 6. The molecule has 1 aromatic rings. The Morgan fingerprint density at radius 1 is 1.31 bits per heavy atom. The number of aliphatic imine (C=N–C) groups is 2. The van der Waals surface area contributed by atoms with E-state index >= 15 is 0 Å². The second-order valence-electron chi connectivity index (χ2n) is 8.44. The number of amides is 1. The van der Waals surface area contributed by atoms with Crippen LogP contribution in [-0.2, 0) is 0 Å². The van der Waals surface area contributed by atoms with Gasteiger partial charge < -0.3 is 42.4 Å². The van der Waals surface area contributed by atoms with E-state index in [1.807, 2.05) is 16.8 Å². The zero-order chi connectivity index (χ0) is 20.3. The number of guanidine groups is 2. The summed E-state index contributed by atoms with van der Waals surface area (Å²) in [6.45, 7) is 0.721. The third-order valence-electron chi connectivity index (χ3n) is 7.43. The molecule has 5 heterocycles. The van der Waals surface area contributed by atoms with E-state index in [0.717, 1.165) is 0 Å². The zero-order valence-corrected chi connectivity index (χ0v) is 16.1. The Balaban J connectivity index is 1.60. The van der Waals surface area contributed by atoms with Crippen molar-refractivity contribution in [1.29, 1.82) is 0 Å². The van der Waals surface area contributed by atoms with Crippen LogP contribution in [0.15, 0.2) is 28.3 Å². The molecule has 8 atom stereocenters. The first-order valence-electron chi connectivity index (χ1n) is 9.60. The molecule has 1 aliphatic carbocycles. The van der Waals surface area contributed by atoms with Gasteiger partial charge in [0.25, 0.3) is 5.91 Å². The Kier molecular flexibility index (Phi) is 3.09. The third kappa shape index (κ3) is 1.68. The molecule has 29 heavy (non-hydrogen) atoms. The summed E-state index contributed by atoms with van der Waals surface area (Å²) in [4.78, 5) is 24.0. The van der Waals surface area contributed by atoms with Crippen LogP contribution in [0.4, 0.5) is 0 Å². The van der Waals surface area contributed by atoms with Gasteiger partial charge in [-0.2, -0.15) is 0 Å². The predicted octanol–water partition coefficient (Wildman–Crippen LogP) is -2.53.